The fraction of sp³-hybridized carbons (Fsp3) is 0.0625. The van der Waals surface area contributed by atoms with Crippen LogP contribution in [0.3, 0.4) is 0 Å². The first-order valence-corrected chi connectivity index (χ1v) is 6.73. The Morgan fingerprint density at radius 1 is 1.10 bits per heavy atom. The molecule has 0 bridgehead atoms. The average molecular weight is 284 g/mol. The highest BCUT2D eigenvalue weighted by atomic mass is 35.5. The van der Waals surface area contributed by atoms with Gasteiger partial charge in [-0.25, -0.2) is 0 Å². The van der Waals surface area contributed by atoms with Crippen molar-refractivity contribution in [2.45, 2.75) is 6.54 Å². The van der Waals surface area contributed by atoms with Crippen molar-refractivity contribution in [3.05, 3.63) is 65.3 Å². The predicted octanol–water partition coefficient (Wildman–Crippen LogP) is 4.08. The first kappa shape index (κ1) is 12.8. The van der Waals surface area contributed by atoms with Crippen molar-refractivity contribution < 1.29 is 0 Å². The molecule has 0 spiro atoms. The van der Waals surface area contributed by atoms with E-state index in [0.717, 1.165) is 27.8 Å². The fourth-order valence-corrected chi connectivity index (χ4v) is 2.34. The highest BCUT2D eigenvalue weighted by molar-refractivity contribution is 6.31. The number of nitrogens with two attached hydrogens (primary N) is 1. The molecular formula is C16H14ClN3. The van der Waals surface area contributed by atoms with Gasteiger partial charge in [0.1, 0.15) is 0 Å². The van der Waals surface area contributed by atoms with Crippen LogP contribution in [0.1, 0.15) is 5.56 Å². The summed E-state index contributed by atoms with van der Waals surface area (Å²) in [5.74, 6) is 0. The third kappa shape index (κ3) is 2.68. The third-order valence-corrected chi connectivity index (χ3v) is 3.37. The molecule has 3 N–H and O–H groups in total. The van der Waals surface area contributed by atoms with E-state index in [1.54, 1.807) is 6.20 Å². The van der Waals surface area contributed by atoms with E-state index in [9.17, 15) is 0 Å². The van der Waals surface area contributed by atoms with Crippen LogP contribution in [0.4, 0.5) is 11.4 Å². The van der Waals surface area contributed by atoms with Crippen LogP contribution in [-0.4, -0.2) is 4.98 Å². The molecule has 0 aliphatic carbocycles. The normalized spacial score (nSPS) is 10.7. The Kier molecular flexibility index (Phi) is 3.44. The van der Waals surface area contributed by atoms with Crippen LogP contribution in [0, 0.1) is 0 Å². The van der Waals surface area contributed by atoms with Crippen LogP contribution in [0.2, 0.25) is 5.02 Å². The number of hydrogen-bond donors (Lipinski definition) is 2. The van der Waals surface area contributed by atoms with Crippen molar-refractivity contribution in [1.82, 2.24) is 4.98 Å². The molecular weight excluding hydrogens is 270 g/mol. The average Bonchev–Trinajstić information content (AvgIpc) is 2.44. The van der Waals surface area contributed by atoms with E-state index in [2.05, 4.69) is 10.3 Å². The summed E-state index contributed by atoms with van der Waals surface area (Å²) >= 11 is 5.99. The number of nitrogens with zero attached hydrogens (tertiary/aromatic N) is 1. The number of pyridine rings is 1. The number of rotatable bonds is 3. The second kappa shape index (κ2) is 5.39. The van der Waals surface area contributed by atoms with Crippen LogP contribution in [0.15, 0.2) is 54.7 Å². The first-order chi connectivity index (χ1) is 9.72. The zero-order valence-electron chi connectivity index (χ0n) is 10.8. The van der Waals surface area contributed by atoms with E-state index >= 15 is 0 Å². The summed E-state index contributed by atoms with van der Waals surface area (Å²) in [6.07, 6.45) is 1.78. The zero-order valence-corrected chi connectivity index (χ0v) is 11.6. The minimum atomic E-state index is 0.693. The lowest BCUT2D eigenvalue weighted by Gasteiger charge is -2.10. The minimum Gasteiger partial charge on any atom is -0.399 e. The Labute approximate surface area is 122 Å². The van der Waals surface area contributed by atoms with Gasteiger partial charge in [0.05, 0.1) is 5.52 Å². The van der Waals surface area contributed by atoms with E-state index in [1.165, 1.54) is 0 Å². The summed E-state index contributed by atoms with van der Waals surface area (Å²) in [6, 6.07) is 15.5. The van der Waals surface area contributed by atoms with Gasteiger partial charge in [0.2, 0.25) is 0 Å². The number of anilines is 2. The molecule has 1 heterocycles. The lowest BCUT2D eigenvalue weighted by Crippen LogP contribution is -2.01. The Morgan fingerprint density at radius 2 is 2.00 bits per heavy atom. The number of fused-ring (bicyclic) bond motifs is 1. The van der Waals surface area contributed by atoms with E-state index in [0.29, 0.717) is 11.6 Å². The lowest BCUT2D eigenvalue weighted by molar-refractivity contribution is 1.15. The van der Waals surface area contributed by atoms with Crippen molar-refractivity contribution in [2.75, 3.05) is 11.1 Å². The van der Waals surface area contributed by atoms with Crippen molar-refractivity contribution in [2.24, 2.45) is 0 Å². The van der Waals surface area contributed by atoms with E-state index in [-0.39, 0.29) is 0 Å². The van der Waals surface area contributed by atoms with Crippen molar-refractivity contribution >= 4 is 33.9 Å². The van der Waals surface area contributed by atoms with Crippen molar-refractivity contribution in [3.63, 3.8) is 0 Å². The maximum Gasteiger partial charge on any atom is 0.0737 e. The molecule has 100 valence electrons. The number of aromatic nitrogens is 1. The molecule has 0 unspecified atom stereocenters. The molecule has 0 saturated carbocycles. The van der Waals surface area contributed by atoms with Gasteiger partial charge in [-0.3, -0.25) is 4.98 Å². The molecule has 0 aliphatic rings. The molecule has 0 atom stereocenters. The number of nitrogen functional groups attached to an aromatic ring is 1. The molecule has 20 heavy (non-hydrogen) atoms. The standard InChI is InChI=1S/C16H14ClN3/c17-12-4-5-14-15(6-7-19-16(14)9-12)20-10-11-2-1-3-13(18)8-11/h1-9H,10,18H2,(H,19,20). The molecule has 0 saturated heterocycles. The van der Waals surface area contributed by atoms with Crippen molar-refractivity contribution in [1.29, 1.82) is 0 Å². The lowest BCUT2D eigenvalue weighted by atomic mass is 10.1. The van der Waals surface area contributed by atoms with Gasteiger partial charge in [-0.1, -0.05) is 23.7 Å². The number of halogens is 1. The molecule has 0 fully saturated rings. The molecule has 3 rings (SSSR count). The van der Waals surface area contributed by atoms with Crippen LogP contribution in [-0.2, 0) is 6.54 Å². The summed E-state index contributed by atoms with van der Waals surface area (Å²) in [6.45, 7) is 0.715. The number of nitrogens with one attached hydrogen (secondary N) is 1. The maximum atomic E-state index is 5.99. The Hall–Kier alpha value is -2.26. The topological polar surface area (TPSA) is 50.9 Å². The summed E-state index contributed by atoms with van der Waals surface area (Å²) in [4.78, 5) is 4.33. The van der Waals surface area contributed by atoms with Gasteiger partial charge in [0, 0.05) is 34.5 Å². The van der Waals surface area contributed by atoms with Gasteiger partial charge in [0.15, 0.2) is 0 Å². The molecule has 0 aliphatic heterocycles. The fourth-order valence-electron chi connectivity index (χ4n) is 2.18. The van der Waals surface area contributed by atoms with Gasteiger partial charge in [-0.05, 0) is 42.0 Å². The van der Waals surface area contributed by atoms with Gasteiger partial charge >= 0.3 is 0 Å². The Morgan fingerprint density at radius 3 is 2.85 bits per heavy atom. The summed E-state index contributed by atoms with van der Waals surface area (Å²) < 4.78 is 0. The second-order valence-electron chi connectivity index (χ2n) is 4.62. The summed E-state index contributed by atoms with van der Waals surface area (Å²) in [7, 11) is 0. The quantitative estimate of drug-likeness (QED) is 0.712. The third-order valence-electron chi connectivity index (χ3n) is 3.14. The Bertz CT molecular complexity index is 756. The van der Waals surface area contributed by atoms with E-state index in [1.807, 2.05) is 48.5 Å². The van der Waals surface area contributed by atoms with Crippen molar-refractivity contribution in [3.8, 4) is 0 Å². The van der Waals surface area contributed by atoms with Crippen LogP contribution >= 0.6 is 11.6 Å². The SMILES string of the molecule is Nc1cccc(CNc2ccnc3cc(Cl)ccc23)c1. The number of benzene rings is 2. The highest BCUT2D eigenvalue weighted by Gasteiger charge is 2.02. The molecule has 3 nitrogen and oxygen atoms in total. The number of hydrogen-bond acceptors (Lipinski definition) is 3. The largest absolute Gasteiger partial charge is 0.399 e. The smallest absolute Gasteiger partial charge is 0.0737 e. The van der Waals surface area contributed by atoms with Gasteiger partial charge < -0.3 is 11.1 Å². The highest BCUT2D eigenvalue weighted by Crippen LogP contribution is 2.24. The molecule has 4 heteroatoms. The second-order valence-corrected chi connectivity index (χ2v) is 5.06. The van der Waals surface area contributed by atoms with Crippen LogP contribution in [0.25, 0.3) is 10.9 Å². The summed E-state index contributed by atoms with van der Waals surface area (Å²) in [5.41, 5.74) is 9.62. The van der Waals surface area contributed by atoms with Gasteiger partial charge in [-0.15, -0.1) is 0 Å². The summed E-state index contributed by atoms with van der Waals surface area (Å²) in [5, 5.41) is 5.16. The minimum absolute atomic E-state index is 0.693. The Balaban J connectivity index is 1.87. The molecule has 1 aromatic heterocycles. The van der Waals surface area contributed by atoms with Crippen LogP contribution in [0.5, 0.6) is 0 Å². The van der Waals surface area contributed by atoms with Gasteiger partial charge in [-0.2, -0.15) is 0 Å². The maximum absolute atomic E-state index is 5.99. The molecule has 3 aromatic rings. The molecule has 2 aromatic carbocycles. The predicted molar refractivity (Wildman–Crippen MR) is 84.9 cm³/mol. The molecule has 0 radical (unpaired) electrons. The zero-order chi connectivity index (χ0) is 13.9. The molecule has 0 amide bonds. The van der Waals surface area contributed by atoms with E-state index < -0.39 is 0 Å². The van der Waals surface area contributed by atoms with Gasteiger partial charge in [0.25, 0.3) is 0 Å². The monoisotopic (exact) mass is 283 g/mol. The van der Waals surface area contributed by atoms with E-state index in [4.69, 9.17) is 17.3 Å². The first-order valence-electron chi connectivity index (χ1n) is 6.35. The van der Waals surface area contributed by atoms with Crippen LogP contribution < -0.4 is 11.1 Å².